The number of rotatable bonds is 2. The molecule has 1 aliphatic carbocycles. The van der Waals surface area contributed by atoms with E-state index >= 15 is 0 Å². The molecule has 1 fully saturated rings. The number of hydrogen-bond donors (Lipinski definition) is 0. The molecule has 3 rings (SSSR count). The number of hydrogen-bond acceptors (Lipinski definition) is 1. The van der Waals surface area contributed by atoms with Crippen LogP contribution in [0.25, 0.3) is 11.3 Å². The molecule has 2 unspecified atom stereocenters. The first-order chi connectivity index (χ1) is 8.52. The van der Waals surface area contributed by atoms with Crippen LogP contribution < -0.4 is 0 Å². The van der Waals surface area contributed by atoms with Gasteiger partial charge in [0.2, 0.25) is 0 Å². The van der Waals surface area contributed by atoms with Crippen LogP contribution >= 0.6 is 0 Å². The van der Waals surface area contributed by atoms with Gasteiger partial charge >= 0.3 is 0 Å². The Labute approximate surface area is 109 Å². The van der Waals surface area contributed by atoms with E-state index in [2.05, 4.69) is 60.9 Å². The average molecular weight is 240 g/mol. The van der Waals surface area contributed by atoms with Gasteiger partial charge in [0.05, 0.1) is 5.69 Å². The van der Waals surface area contributed by atoms with Crippen molar-refractivity contribution in [3.05, 3.63) is 41.9 Å². The normalized spacial score (nSPS) is 26.3. The lowest BCUT2D eigenvalue weighted by atomic mass is 9.90. The van der Waals surface area contributed by atoms with Crippen LogP contribution in [-0.4, -0.2) is 9.55 Å². The summed E-state index contributed by atoms with van der Waals surface area (Å²) in [5.41, 5.74) is 4.21. The van der Waals surface area contributed by atoms with Crippen LogP contribution in [-0.2, 0) is 12.5 Å². The Kier molecular flexibility index (Phi) is 2.37. The molecule has 0 aliphatic heterocycles. The summed E-state index contributed by atoms with van der Waals surface area (Å²) in [6.07, 6.45) is 3.42. The maximum absolute atomic E-state index is 4.67. The predicted octanol–water partition coefficient (Wildman–Crippen LogP) is 3.69. The highest BCUT2D eigenvalue weighted by Gasteiger charge is 2.48. The van der Waals surface area contributed by atoms with Gasteiger partial charge < -0.3 is 4.57 Å². The van der Waals surface area contributed by atoms with E-state index in [1.807, 2.05) is 6.92 Å². The molecule has 1 aromatic carbocycles. The maximum atomic E-state index is 4.67. The molecule has 1 aromatic heterocycles. The highest BCUT2D eigenvalue weighted by atomic mass is 15.0. The van der Waals surface area contributed by atoms with Crippen molar-refractivity contribution in [3.63, 3.8) is 0 Å². The third-order valence-electron chi connectivity index (χ3n) is 4.58. The first kappa shape index (κ1) is 11.5. The van der Waals surface area contributed by atoms with Crippen LogP contribution in [0.15, 0.2) is 30.5 Å². The Bertz CT molecular complexity index is 577. The van der Waals surface area contributed by atoms with Crippen molar-refractivity contribution < 1.29 is 0 Å². The van der Waals surface area contributed by atoms with Gasteiger partial charge in [-0.1, -0.05) is 38.1 Å². The Morgan fingerprint density at radius 2 is 2.00 bits per heavy atom. The van der Waals surface area contributed by atoms with Crippen LogP contribution in [0.3, 0.4) is 0 Å². The second kappa shape index (κ2) is 3.71. The van der Waals surface area contributed by atoms with E-state index in [1.54, 1.807) is 0 Å². The van der Waals surface area contributed by atoms with E-state index in [9.17, 15) is 0 Å². The van der Waals surface area contributed by atoms with Crippen molar-refractivity contribution in [1.82, 2.24) is 9.55 Å². The molecule has 2 atom stereocenters. The van der Waals surface area contributed by atoms with Gasteiger partial charge in [-0.15, -0.1) is 0 Å². The van der Waals surface area contributed by atoms with E-state index in [1.165, 1.54) is 17.5 Å². The van der Waals surface area contributed by atoms with Gasteiger partial charge in [-0.05, 0) is 30.2 Å². The van der Waals surface area contributed by atoms with Crippen molar-refractivity contribution in [1.29, 1.82) is 0 Å². The van der Waals surface area contributed by atoms with E-state index in [0.29, 0.717) is 5.41 Å². The number of nitrogens with zero attached hydrogens (tertiary/aromatic N) is 2. The molecule has 0 N–H and O–H groups in total. The third kappa shape index (κ3) is 1.59. The summed E-state index contributed by atoms with van der Waals surface area (Å²) in [6.45, 7) is 6.75. The van der Waals surface area contributed by atoms with Gasteiger partial charge in [0.15, 0.2) is 0 Å². The molecular weight excluding hydrogens is 220 g/mol. The molecule has 0 saturated heterocycles. The highest BCUT2D eigenvalue weighted by molar-refractivity contribution is 5.66. The quantitative estimate of drug-likeness (QED) is 0.782. The number of aromatic nitrogens is 2. The lowest BCUT2D eigenvalue weighted by Crippen LogP contribution is -2.05. The summed E-state index contributed by atoms with van der Waals surface area (Å²) in [6, 6.07) is 8.72. The second-order valence-corrected chi connectivity index (χ2v) is 5.85. The molecule has 0 bridgehead atoms. The topological polar surface area (TPSA) is 17.8 Å². The lowest BCUT2D eigenvalue weighted by molar-refractivity contribution is 0.703. The minimum atomic E-state index is 0.349. The van der Waals surface area contributed by atoms with Gasteiger partial charge in [0.1, 0.15) is 5.82 Å². The highest BCUT2D eigenvalue weighted by Crippen LogP contribution is 2.55. The Balaban J connectivity index is 2.13. The van der Waals surface area contributed by atoms with E-state index in [4.69, 9.17) is 0 Å². The lowest BCUT2D eigenvalue weighted by Gasteiger charge is -2.14. The van der Waals surface area contributed by atoms with Gasteiger partial charge in [-0.25, -0.2) is 4.98 Å². The molecule has 2 aromatic rings. The van der Waals surface area contributed by atoms with E-state index < -0.39 is 0 Å². The molecule has 1 aliphatic rings. The van der Waals surface area contributed by atoms with Gasteiger partial charge in [0.25, 0.3) is 0 Å². The molecule has 2 heteroatoms. The SMILES string of the molecule is Cc1nc(-c2ccccc2C2(C)CC2C)cn1C. The largest absolute Gasteiger partial charge is 0.338 e. The zero-order valence-electron chi connectivity index (χ0n) is 11.6. The van der Waals surface area contributed by atoms with Crippen molar-refractivity contribution in [2.75, 3.05) is 0 Å². The second-order valence-electron chi connectivity index (χ2n) is 5.85. The summed E-state index contributed by atoms with van der Waals surface area (Å²) < 4.78 is 2.09. The fourth-order valence-corrected chi connectivity index (χ4v) is 2.85. The molecular formula is C16H20N2. The summed E-state index contributed by atoms with van der Waals surface area (Å²) in [5.74, 6) is 1.84. The maximum Gasteiger partial charge on any atom is 0.105 e. The van der Waals surface area contributed by atoms with Crippen LogP contribution in [0, 0.1) is 12.8 Å². The summed E-state index contributed by atoms with van der Waals surface area (Å²) >= 11 is 0. The van der Waals surface area contributed by atoms with Crippen molar-refractivity contribution in [2.24, 2.45) is 13.0 Å². The molecule has 94 valence electrons. The van der Waals surface area contributed by atoms with Crippen molar-refractivity contribution >= 4 is 0 Å². The molecule has 1 heterocycles. The van der Waals surface area contributed by atoms with Crippen LogP contribution in [0.4, 0.5) is 0 Å². The van der Waals surface area contributed by atoms with Crippen molar-refractivity contribution in [3.8, 4) is 11.3 Å². The van der Waals surface area contributed by atoms with Gasteiger partial charge in [-0.3, -0.25) is 0 Å². The molecule has 0 amide bonds. The Hall–Kier alpha value is -1.57. The summed E-state index contributed by atoms with van der Waals surface area (Å²) in [5, 5.41) is 0. The summed E-state index contributed by atoms with van der Waals surface area (Å²) in [4.78, 5) is 4.67. The van der Waals surface area contributed by atoms with E-state index in [-0.39, 0.29) is 0 Å². The number of benzene rings is 1. The number of aryl methyl sites for hydroxylation is 2. The van der Waals surface area contributed by atoms with Gasteiger partial charge in [-0.2, -0.15) is 0 Å². The zero-order valence-corrected chi connectivity index (χ0v) is 11.6. The fraction of sp³-hybridized carbons (Fsp3) is 0.438. The fourth-order valence-electron chi connectivity index (χ4n) is 2.85. The zero-order chi connectivity index (χ0) is 12.9. The third-order valence-corrected chi connectivity index (χ3v) is 4.58. The predicted molar refractivity (Wildman–Crippen MR) is 74.5 cm³/mol. The van der Waals surface area contributed by atoms with Crippen LogP contribution in [0.5, 0.6) is 0 Å². The number of imidazole rings is 1. The first-order valence-electron chi connectivity index (χ1n) is 6.62. The Morgan fingerprint density at radius 3 is 2.56 bits per heavy atom. The van der Waals surface area contributed by atoms with Crippen molar-refractivity contribution in [2.45, 2.75) is 32.6 Å². The molecule has 0 spiro atoms. The van der Waals surface area contributed by atoms with E-state index in [0.717, 1.165) is 17.4 Å². The minimum absolute atomic E-state index is 0.349. The minimum Gasteiger partial charge on any atom is -0.338 e. The van der Waals surface area contributed by atoms with Gasteiger partial charge in [0, 0.05) is 18.8 Å². The summed E-state index contributed by atoms with van der Waals surface area (Å²) in [7, 11) is 2.05. The van der Waals surface area contributed by atoms with Crippen LogP contribution in [0.2, 0.25) is 0 Å². The first-order valence-corrected chi connectivity index (χ1v) is 6.62. The standard InChI is InChI=1S/C16H20N2/c1-11-9-16(11,3)14-8-6-5-7-13(14)15-10-18(4)12(2)17-15/h5-8,10-11H,9H2,1-4H3. The Morgan fingerprint density at radius 1 is 1.33 bits per heavy atom. The molecule has 1 saturated carbocycles. The molecule has 2 nitrogen and oxygen atoms in total. The van der Waals surface area contributed by atoms with Crippen LogP contribution in [0.1, 0.15) is 31.7 Å². The average Bonchev–Trinajstić information content (AvgIpc) is 2.82. The monoisotopic (exact) mass is 240 g/mol. The molecule has 18 heavy (non-hydrogen) atoms. The molecule has 0 radical (unpaired) electrons. The smallest absolute Gasteiger partial charge is 0.105 e.